The maximum Gasteiger partial charge on any atom is 0.109 e. The van der Waals surface area contributed by atoms with Crippen LogP contribution in [0.25, 0.3) is 11.0 Å². The molecule has 3 heteroatoms. The van der Waals surface area contributed by atoms with Gasteiger partial charge in [0.15, 0.2) is 0 Å². The lowest BCUT2D eigenvalue weighted by atomic mass is 9.75. The lowest BCUT2D eigenvalue weighted by Gasteiger charge is -2.34. The lowest BCUT2D eigenvalue weighted by molar-refractivity contribution is 0.218. The molecule has 3 atom stereocenters. The molecule has 0 saturated heterocycles. The molecule has 0 spiro atoms. The highest BCUT2D eigenvalue weighted by Gasteiger charge is 2.29. The number of rotatable bonds is 4. The highest BCUT2D eigenvalue weighted by atomic mass is 15.1. The summed E-state index contributed by atoms with van der Waals surface area (Å²) >= 11 is 0. The normalized spacial score (nSPS) is 26.3. The Labute approximate surface area is 127 Å². The molecule has 1 heterocycles. The van der Waals surface area contributed by atoms with Crippen molar-refractivity contribution in [3.05, 3.63) is 30.1 Å². The van der Waals surface area contributed by atoms with Crippen LogP contribution in [0.3, 0.4) is 0 Å². The molecule has 1 aliphatic rings. The van der Waals surface area contributed by atoms with Crippen LogP contribution in [0.5, 0.6) is 0 Å². The number of nitrogens with two attached hydrogens (primary N) is 1. The SMILES string of the molecule is CCCC1CCC(N)C(Cc2nc3ccccc3n2C)C1. The quantitative estimate of drug-likeness (QED) is 0.931. The van der Waals surface area contributed by atoms with Gasteiger partial charge in [-0.3, -0.25) is 0 Å². The molecule has 2 N–H and O–H groups in total. The van der Waals surface area contributed by atoms with E-state index in [1.54, 1.807) is 0 Å². The van der Waals surface area contributed by atoms with Crippen LogP contribution >= 0.6 is 0 Å². The van der Waals surface area contributed by atoms with Crippen molar-refractivity contribution in [1.29, 1.82) is 0 Å². The minimum atomic E-state index is 0.345. The topological polar surface area (TPSA) is 43.8 Å². The molecule has 2 aromatic rings. The van der Waals surface area contributed by atoms with Gasteiger partial charge in [0.05, 0.1) is 11.0 Å². The zero-order valence-corrected chi connectivity index (χ0v) is 13.3. The maximum absolute atomic E-state index is 6.39. The van der Waals surface area contributed by atoms with Gasteiger partial charge in [0.1, 0.15) is 5.82 Å². The van der Waals surface area contributed by atoms with Crippen molar-refractivity contribution in [3.8, 4) is 0 Å². The van der Waals surface area contributed by atoms with Gasteiger partial charge in [0.25, 0.3) is 0 Å². The number of hydrogen-bond donors (Lipinski definition) is 1. The van der Waals surface area contributed by atoms with Gasteiger partial charge in [0.2, 0.25) is 0 Å². The third-order valence-corrected chi connectivity index (χ3v) is 5.17. The predicted octanol–water partition coefficient (Wildman–Crippen LogP) is 3.66. The first-order valence-electron chi connectivity index (χ1n) is 8.35. The Morgan fingerprint density at radius 2 is 2.10 bits per heavy atom. The van der Waals surface area contributed by atoms with Crippen molar-refractivity contribution >= 4 is 11.0 Å². The van der Waals surface area contributed by atoms with E-state index in [1.807, 2.05) is 0 Å². The largest absolute Gasteiger partial charge is 0.331 e. The molecule has 3 nitrogen and oxygen atoms in total. The van der Waals surface area contributed by atoms with Crippen molar-refractivity contribution in [2.75, 3.05) is 0 Å². The number of nitrogens with zero attached hydrogens (tertiary/aromatic N) is 2. The van der Waals surface area contributed by atoms with Crippen molar-refractivity contribution < 1.29 is 0 Å². The molecule has 1 aromatic heterocycles. The monoisotopic (exact) mass is 285 g/mol. The highest BCUT2D eigenvalue weighted by molar-refractivity contribution is 5.75. The van der Waals surface area contributed by atoms with Crippen LogP contribution in [0.1, 0.15) is 44.9 Å². The minimum absolute atomic E-state index is 0.345. The van der Waals surface area contributed by atoms with Crippen LogP contribution in [0.4, 0.5) is 0 Å². The number of para-hydroxylation sites is 2. The minimum Gasteiger partial charge on any atom is -0.331 e. The van der Waals surface area contributed by atoms with Gasteiger partial charge in [-0.25, -0.2) is 4.98 Å². The summed E-state index contributed by atoms with van der Waals surface area (Å²) in [6, 6.07) is 8.73. The Hall–Kier alpha value is -1.35. The Bertz CT molecular complexity index is 602. The molecule has 0 amide bonds. The van der Waals surface area contributed by atoms with E-state index in [-0.39, 0.29) is 0 Å². The summed E-state index contributed by atoms with van der Waals surface area (Å²) in [5, 5.41) is 0. The Morgan fingerprint density at radius 3 is 2.86 bits per heavy atom. The molecule has 1 saturated carbocycles. The van der Waals surface area contributed by atoms with Crippen molar-refractivity contribution in [1.82, 2.24) is 9.55 Å². The van der Waals surface area contributed by atoms with Crippen molar-refractivity contribution in [2.24, 2.45) is 24.6 Å². The summed E-state index contributed by atoms with van der Waals surface area (Å²) in [4.78, 5) is 4.82. The second-order valence-corrected chi connectivity index (χ2v) is 6.67. The summed E-state index contributed by atoms with van der Waals surface area (Å²) in [7, 11) is 2.13. The number of aromatic nitrogens is 2. The Morgan fingerprint density at radius 1 is 1.29 bits per heavy atom. The van der Waals surface area contributed by atoms with Crippen molar-refractivity contribution in [2.45, 2.75) is 51.5 Å². The van der Waals surface area contributed by atoms with Gasteiger partial charge >= 0.3 is 0 Å². The number of benzene rings is 1. The van der Waals surface area contributed by atoms with E-state index in [0.29, 0.717) is 12.0 Å². The van der Waals surface area contributed by atoms with E-state index in [2.05, 4.69) is 42.8 Å². The van der Waals surface area contributed by atoms with Crippen LogP contribution in [-0.2, 0) is 13.5 Å². The summed E-state index contributed by atoms with van der Waals surface area (Å²) < 4.78 is 2.24. The van der Waals surface area contributed by atoms with Gasteiger partial charge in [-0.1, -0.05) is 31.9 Å². The molecule has 0 bridgehead atoms. The summed E-state index contributed by atoms with van der Waals surface area (Å²) in [5.41, 5.74) is 8.72. The van der Waals surface area contributed by atoms with Crippen molar-refractivity contribution in [3.63, 3.8) is 0 Å². The van der Waals surface area contributed by atoms with E-state index in [1.165, 1.54) is 43.4 Å². The molecule has 1 aromatic carbocycles. The molecule has 1 fully saturated rings. The standard InChI is InChI=1S/C18H27N3/c1-3-6-13-9-10-15(19)14(11-13)12-18-20-16-7-4-5-8-17(16)21(18)2/h4-5,7-8,13-15H,3,6,9-12,19H2,1-2H3. The summed E-state index contributed by atoms with van der Waals surface area (Å²) in [5.74, 6) is 2.65. The fourth-order valence-electron chi connectivity index (χ4n) is 3.90. The predicted molar refractivity (Wildman–Crippen MR) is 88.1 cm³/mol. The first-order valence-corrected chi connectivity index (χ1v) is 8.35. The third-order valence-electron chi connectivity index (χ3n) is 5.17. The zero-order valence-electron chi connectivity index (χ0n) is 13.3. The van der Waals surface area contributed by atoms with E-state index in [9.17, 15) is 0 Å². The van der Waals surface area contributed by atoms with E-state index >= 15 is 0 Å². The van der Waals surface area contributed by atoms with Gasteiger partial charge in [-0.05, 0) is 43.2 Å². The molecule has 3 rings (SSSR count). The van der Waals surface area contributed by atoms with Crippen LogP contribution in [0.2, 0.25) is 0 Å². The first kappa shape index (κ1) is 14.6. The molecule has 0 radical (unpaired) electrons. The second kappa shape index (κ2) is 6.18. The van der Waals surface area contributed by atoms with Crippen LogP contribution < -0.4 is 5.73 Å². The molecule has 3 unspecified atom stereocenters. The van der Waals surface area contributed by atoms with Crippen LogP contribution in [0, 0.1) is 11.8 Å². The third kappa shape index (κ3) is 2.98. The van der Waals surface area contributed by atoms with Crippen LogP contribution in [-0.4, -0.2) is 15.6 Å². The molecule has 0 aliphatic heterocycles. The highest BCUT2D eigenvalue weighted by Crippen LogP contribution is 2.33. The lowest BCUT2D eigenvalue weighted by Crippen LogP contribution is -2.37. The summed E-state index contributed by atoms with van der Waals surface area (Å²) in [6.07, 6.45) is 7.43. The zero-order chi connectivity index (χ0) is 14.8. The molecule has 114 valence electrons. The number of imidazole rings is 1. The summed E-state index contributed by atoms with van der Waals surface area (Å²) in [6.45, 7) is 2.29. The molecule has 21 heavy (non-hydrogen) atoms. The number of fused-ring (bicyclic) bond motifs is 1. The van der Waals surface area contributed by atoms with Crippen LogP contribution in [0.15, 0.2) is 24.3 Å². The Balaban J connectivity index is 1.78. The smallest absolute Gasteiger partial charge is 0.109 e. The number of aryl methyl sites for hydroxylation is 1. The molecule has 1 aliphatic carbocycles. The van der Waals surface area contributed by atoms with Gasteiger partial charge in [0, 0.05) is 19.5 Å². The average Bonchev–Trinajstić information content (AvgIpc) is 2.80. The number of hydrogen-bond acceptors (Lipinski definition) is 2. The average molecular weight is 285 g/mol. The Kier molecular flexibility index (Phi) is 4.29. The molecular weight excluding hydrogens is 258 g/mol. The fourth-order valence-corrected chi connectivity index (χ4v) is 3.90. The van der Waals surface area contributed by atoms with E-state index in [4.69, 9.17) is 10.7 Å². The fraction of sp³-hybridized carbons (Fsp3) is 0.611. The van der Waals surface area contributed by atoms with Gasteiger partial charge < -0.3 is 10.3 Å². The van der Waals surface area contributed by atoms with Gasteiger partial charge in [-0.15, -0.1) is 0 Å². The maximum atomic E-state index is 6.39. The van der Waals surface area contributed by atoms with E-state index < -0.39 is 0 Å². The second-order valence-electron chi connectivity index (χ2n) is 6.67. The van der Waals surface area contributed by atoms with Gasteiger partial charge in [-0.2, -0.15) is 0 Å². The van der Waals surface area contributed by atoms with E-state index in [0.717, 1.165) is 17.9 Å². The molecular formula is C18H27N3. The first-order chi connectivity index (χ1) is 10.2.